The molecule has 0 spiro atoms. The number of benzene rings is 3. The van der Waals surface area contributed by atoms with E-state index in [2.05, 4.69) is 0 Å². The van der Waals surface area contributed by atoms with E-state index in [-0.39, 0.29) is 16.4 Å². The first-order chi connectivity index (χ1) is 18.5. The van der Waals surface area contributed by atoms with Crippen LogP contribution in [0.4, 0.5) is 0 Å². The van der Waals surface area contributed by atoms with Crippen molar-refractivity contribution in [2.45, 2.75) is 60.6 Å². The highest BCUT2D eigenvalue weighted by atomic mass is 32.2. The molecule has 1 N–H and O–H groups in total. The van der Waals surface area contributed by atoms with Crippen molar-refractivity contribution in [3.63, 3.8) is 0 Å². The molecule has 3 aromatic rings. The predicted molar refractivity (Wildman–Crippen MR) is 137 cm³/mol. The first kappa shape index (κ1) is 27.9. The Bertz CT molecular complexity index is 1490. The highest BCUT2D eigenvalue weighted by Crippen LogP contribution is 2.38. The van der Waals surface area contributed by atoms with Gasteiger partial charge in [-0.3, -0.25) is 8.37 Å². The van der Waals surface area contributed by atoms with E-state index in [4.69, 9.17) is 22.6 Å². The van der Waals surface area contributed by atoms with E-state index in [0.717, 1.165) is 11.1 Å². The van der Waals surface area contributed by atoms with Crippen LogP contribution in [0.2, 0.25) is 0 Å². The standard InChI is InChI=1S/C27H28O10S2/c1-17-8-12-20(13-9-17)38(29,30)36-24-23-22(16-33-27(35-23)19-6-4-3-5-7-19)34-26(28)25(24)37-39(31,32)21-14-10-18(2)11-15-21/h3-15,22-28H,16H2,1-2H3. The molecule has 208 valence electrons. The number of ether oxygens (including phenoxy) is 3. The van der Waals surface area contributed by atoms with E-state index in [0.29, 0.717) is 5.56 Å². The third-order valence-corrected chi connectivity index (χ3v) is 9.12. The molecule has 5 rings (SSSR count). The SMILES string of the molecule is Cc1ccc(S(=O)(=O)OC2C(O)OC3COC(c4ccccc4)OC3C2OS(=O)(=O)c2ccc(C)cc2)cc1. The number of aryl methyl sites for hydroxylation is 2. The van der Waals surface area contributed by atoms with Gasteiger partial charge in [0, 0.05) is 5.56 Å². The Morgan fingerprint density at radius 3 is 1.77 bits per heavy atom. The molecule has 12 heteroatoms. The van der Waals surface area contributed by atoms with Gasteiger partial charge in [0.05, 0.1) is 16.4 Å². The summed E-state index contributed by atoms with van der Waals surface area (Å²) in [4.78, 5) is -0.338. The Morgan fingerprint density at radius 1 is 0.718 bits per heavy atom. The molecule has 0 aliphatic carbocycles. The smallest absolute Gasteiger partial charge is 0.297 e. The molecule has 0 amide bonds. The highest BCUT2D eigenvalue weighted by molar-refractivity contribution is 7.87. The van der Waals surface area contributed by atoms with Gasteiger partial charge in [0.1, 0.15) is 18.3 Å². The summed E-state index contributed by atoms with van der Waals surface area (Å²) in [5.41, 5.74) is 2.30. The van der Waals surface area contributed by atoms with E-state index in [9.17, 15) is 21.9 Å². The molecular weight excluding hydrogens is 548 g/mol. The van der Waals surface area contributed by atoms with Crippen LogP contribution in [0.1, 0.15) is 23.0 Å². The maximum Gasteiger partial charge on any atom is 0.297 e. The van der Waals surface area contributed by atoms with Crippen LogP contribution in [0.3, 0.4) is 0 Å². The molecule has 3 aromatic carbocycles. The summed E-state index contributed by atoms with van der Waals surface area (Å²) >= 11 is 0. The maximum absolute atomic E-state index is 13.3. The van der Waals surface area contributed by atoms with E-state index >= 15 is 0 Å². The van der Waals surface area contributed by atoms with E-state index in [1.54, 1.807) is 62.4 Å². The third kappa shape index (κ3) is 6.08. The molecule has 2 saturated heterocycles. The monoisotopic (exact) mass is 576 g/mol. The van der Waals surface area contributed by atoms with Gasteiger partial charge in [0.2, 0.25) is 0 Å². The lowest BCUT2D eigenvalue weighted by Crippen LogP contribution is -2.63. The lowest BCUT2D eigenvalue weighted by molar-refractivity contribution is -0.347. The minimum Gasteiger partial charge on any atom is -0.366 e. The van der Waals surface area contributed by atoms with Crippen LogP contribution in [-0.2, 0) is 42.8 Å². The van der Waals surface area contributed by atoms with Crippen LogP contribution >= 0.6 is 0 Å². The van der Waals surface area contributed by atoms with Gasteiger partial charge in [-0.1, -0.05) is 65.7 Å². The second-order valence-electron chi connectivity index (χ2n) is 9.40. The second kappa shape index (κ2) is 11.1. The Hall–Kier alpha value is -2.68. The van der Waals surface area contributed by atoms with E-state index in [1.165, 1.54) is 24.3 Å². The predicted octanol–water partition coefficient (Wildman–Crippen LogP) is 2.98. The molecule has 2 aliphatic heterocycles. The fourth-order valence-corrected chi connectivity index (χ4v) is 6.54. The first-order valence-corrected chi connectivity index (χ1v) is 15.0. The number of hydrogen-bond acceptors (Lipinski definition) is 10. The minimum absolute atomic E-state index is 0.0802. The Labute approximate surface area is 227 Å². The summed E-state index contributed by atoms with van der Waals surface area (Å²) in [5.74, 6) is 0. The van der Waals surface area contributed by atoms with Crippen LogP contribution in [0.5, 0.6) is 0 Å². The molecule has 39 heavy (non-hydrogen) atoms. The fraction of sp³-hybridized carbons (Fsp3) is 0.333. The topological polar surface area (TPSA) is 135 Å². The largest absolute Gasteiger partial charge is 0.366 e. The maximum atomic E-state index is 13.3. The van der Waals surface area contributed by atoms with Crippen LogP contribution in [0.15, 0.2) is 88.7 Å². The number of hydrogen-bond donors (Lipinski definition) is 1. The van der Waals surface area contributed by atoms with Crippen molar-refractivity contribution in [3.05, 3.63) is 95.6 Å². The van der Waals surface area contributed by atoms with Gasteiger partial charge in [-0.15, -0.1) is 0 Å². The van der Waals surface area contributed by atoms with Crippen molar-refractivity contribution in [2.75, 3.05) is 6.61 Å². The summed E-state index contributed by atoms with van der Waals surface area (Å²) in [6, 6.07) is 20.7. The summed E-state index contributed by atoms with van der Waals surface area (Å²) in [5, 5.41) is 10.8. The molecule has 2 aliphatic rings. The number of rotatable bonds is 7. The normalized spacial score (nSPS) is 27.6. The van der Waals surface area contributed by atoms with E-state index in [1.807, 2.05) is 6.07 Å². The minimum atomic E-state index is -4.47. The van der Waals surface area contributed by atoms with Crippen molar-refractivity contribution in [1.29, 1.82) is 0 Å². The molecule has 10 nitrogen and oxygen atoms in total. The molecule has 6 unspecified atom stereocenters. The summed E-state index contributed by atoms with van der Waals surface area (Å²) in [6.07, 6.45) is -8.34. The Balaban J connectivity index is 1.51. The van der Waals surface area contributed by atoms with Gasteiger partial charge in [-0.2, -0.15) is 16.8 Å². The first-order valence-electron chi connectivity index (χ1n) is 12.2. The fourth-order valence-electron chi connectivity index (χ4n) is 4.37. The molecule has 0 radical (unpaired) electrons. The van der Waals surface area contributed by atoms with Gasteiger partial charge in [0.15, 0.2) is 18.7 Å². The van der Waals surface area contributed by atoms with E-state index < -0.39 is 57.2 Å². The summed E-state index contributed by atoms with van der Waals surface area (Å²) < 4.78 is 81.4. The number of fused-ring (bicyclic) bond motifs is 1. The third-order valence-electron chi connectivity index (χ3n) is 6.47. The molecular formula is C27H28O10S2. The zero-order chi connectivity index (χ0) is 27.8. The average molecular weight is 577 g/mol. The number of aliphatic hydroxyl groups excluding tert-OH is 1. The van der Waals surface area contributed by atoms with Crippen LogP contribution in [-0.4, -0.2) is 59.3 Å². The van der Waals surface area contributed by atoms with Crippen molar-refractivity contribution in [3.8, 4) is 0 Å². The van der Waals surface area contributed by atoms with Crippen molar-refractivity contribution < 1.29 is 44.5 Å². The molecule has 0 aromatic heterocycles. The van der Waals surface area contributed by atoms with Crippen LogP contribution < -0.4 is 0 Å². The van der Waals surface area contributed by atoms with Gasteiger partial charge >= 0.3 is 0 Å². The lowest BCUT2D eigenvalue weighted by Gasteiger charge is -2.47. The molecule has 0 bridgehead atoms. The molecule has 2 fully saturated rings. The lowest BCUT2D eigenvalue weighted by atomic mass is 9.98. The zero-order valence-electron chi connectivity index (χ0n) is 21.1. The van der Waals surface area contributed by atoms with Gasteiger partial charge in [-0.25, -0.2) is 0 Å². The summed E-state index contributed by atoms with van der Waals surface area (Å²) in [7, 11) is -8.93. The van der Waals surface area contributed by atoms with Crippen molar-refractivity contribution >= 4 is 20.2 Å². The molecule has 0 saturated carbocycles. The average Bonchev–Trinajstić information content (AvgIpc) is 2.91. The Morgan fingerprint density at radius 2 is 1.23 bits per heavy atom. The Kier molecular flexibility index (Phi) is 7.91. The van der Waals surface area contributed by atoms with Gasteiger partial charge < -0.3 is 19.3 Å². The zero-order valence-corrected chi connectivity index (χ0v) is 22.7. The van der Waals surface area contributed by atoms with Crippen molar-refractivity contribution in [1.82, 2.24) is 0 Å². The van der Waals surface area contributed by atoms with Crippen molar-refractivity contribution in [2.24, 2.45) is 0 Å². The summed E-state index contributed by atoms with van der Waals surface area (Å²) in [6.45, 7) is 3.51. The van der Waals surface area contributed by atoms with Gasteiger partial charge in [0.25, 0.3) is 20.2 Å². The van der Waals surface area contributed by atoms with Crippen LogP contribution in [0, 0.1) is 13.8 Å². The number of aliphatic hydroxyl groups is 1. The second-order valence-corrected chi connectivity index (χ2v) is 12.5. The van der Waals surface area contributed by atoms with Gasteiger partial charge in [-0.05, 0) is 38.1 Å². The van der Waals surface area contributed by atoms with Crippen LogP contribution in [0.25, 0.3) is 0 Å². The molecule has 2 heterocycles. The quantitative estimate of drug-likeness (QED) is 0.418. The molecule has 6 atom stereocenters. The highest BCUT2D eigenvalue weighted by Gasteiger charge is 2.54.